The summed E-state index contributed by atoms with van der Waals surface area (Å²) in [6.07, 6.45) is -2.02. The Morgan fingerprint density at radius 3 is 2.13 bits per heavy atom. The van der Waals surface area contributed by atoms with Crippen molar-refractivity contribution in [1.29, 1.82) is 0 Å². The number of carbonyl (C=O) groups excluding carboxylic acids is 2. The van der Waals surface area contributed by atoms with E-state index in [1.807, 2.05) is 0 Å². The highest BCUT2D eigenvalue weighted by molar-refractivity contribution is 6.31. The number of hydrogen-bond donors (Lipinski definition) is 2. The molecule has 2 aromatic carbocycles. The first-order valence-corrected chi connectivity index (χ1v) is 10.5. The van der Waals surface area contributed by atoms with Crippen molar-refractivity contribution in [1.82, 2.24) is 4.90 Å². The number of carbonyl (C=O) groups is 2. The lowest BCUT2D eigenvalue weighted by Gasteiger charge is -2.30. The second-order valence-electron chi connectivity index (χ2n) is 6.81. The van der Waals surface area contributed by atoms with Gasteiger partial charge in [-0.05, 0) is 36.4 Å². The van der Waals surface area contributed by atoms with Gasteiger partial charge in [0.25, 0.3) is 0 Å². The van der Waals surface area contributed by atoms with Crippen LogP contribution in [0.3, 0.4) is 0 Å². The van der Waals surface area contributed by atoms with E-state index in [0.717, 1.165) is 0 Å². The van der Waals surface area contributed by atoms with Gasteiger partial charge in [0, 0.05) is 41.1 Å². The number of hydrogen-bond acceptors (Lipinski definition) is 6. The van der Waals surface area contributed by atoms with Crippen molar-refractivity contribution in [3.63, 3.8) is 0 Å². The zero-order chi connectivity index (χ0) is 22.1. The lowest BCUT2D eigenvalue weighted by atomic mass is 10.3. The van der Waals surface area contributed by atoms with Gasteiger partial charge in [0.2, 0.25) is 0 Å². The topological polar surface area (TPSA) is 89.1 Å². The number of ether oxygens (including phenoxy) is 3. The molecule has 2 aromatic rings. The number of nitrogens with zero attached hydrogens (tertiary/aromatic N) is 1. The van der Waals surface area contributed by atoms with Gasteiger partial charge < -0.3 is 14.2 Å². The number of nitrogens with one attached hydrogen (secondary N) is 2. The fourth-order valence-electron chi connectivity index (χ4n) is 2.95. The molecule has 1 fully saturated rings. The van der Waals surface area contributed by atoms with E-state index in [-0.39, 0.29) is 6.61 Å². The van der Waals surface area contributed by atoms with E-state index in [1.165, 1.54) is 0 Å². The van der Waals surface area contributed by atoms with Crippen LogP contribution < -0.4 is 10.6 Å². The molecule has 1 heterocycles. The monoisotopic (exact) mass is 467 g/mol. The average molecular weight is 468 g/mol. The lowest BCUT2D eigenvalue weighted by Crippen LogP contribution is -2.44. The van der Waals surface area contributed by atoms with Crippen LogP contribution in [0.4, 0.5) is 21.0 Å². The van der Waals surface area contributed by atoms with E-state index in [4.69, 9.17) is 37.4 Å². The van der Waals surface area contributed by atoms with Crippen molar-refractivity contribution in [2.24, 2.45) is 0 Å². The molecule has 2 N–H and O–H groups in total. The maximum atomic E-state index is 12.4. The maximum Gasteiger partial charge on any atom is 0.412 e. The standard InChI is InChI=1S/C21H23Cl2N3O5/c22-15-3-1-5-17(11-15)24-20(27)30-14-19(13-26-7-9-29-10-8-26)31-21(28)25-18-6-2-4-16(23)12-18/h1-6,11-12,19H,7-10,13-14H2,(H,24,27)(H,25,28)/t19-/m0/s1. The third-order valence-corrected chi connectivity index (χ3v) is 4.85. The molecule has 0 aromatic heterocycles. The van der Waals surface area contributed by atoms with Crippen molar-refractivity contribution in [3.8, 4) is 0 Å². The van der Waals surface area contributed by atoms with Crippen molar-refractivity contribution in [3.05, 3.63) is 58.6 Å². The number of amides is 2. The molecule has 31 heavy (non-hydrogen) atoms. The molecule has 166 valence electrons. The predicted molar refractivity (Wildman–Crippen MR) is 119 cm³/mol. The third-order valence-electron chi connectivity index (χ3n) is 4.38. The third kappa shape index (κ3) is 8.26. The summed E-state index contributed by atoms with van der Waals surface area (Å²) in [7, 11) is 0. The maximum absolute atomic E-state index is 12.4. The normalized spacial score (nSPS) is 15.0. The summed E-state index contributed by atoms with van der Waals surface area (Å²) in [6, 6.07) is 13.4. The average Bonchev–Trinajstić information content (AvgIpc) is 2.73. The molecule has 3 rings (SSSR count). The number of halogens is 2. The van der Waals surface area contributed by atoms with E-state index < -0.39 is 18.3 Å². The van der Waals surface area contributed by atoms with Gasteiger partial charge in [-0.3, -0.25) is 15.5 Å². The highest BCUT2D eigenvalue weighted by Gasteiger charge is 2.22. The number of rotatable bonds is 7. The van der Waals surface area contributed by atoms with Crippen molar-refractivity contribution >= 4 is 46.8 Å². The fraction of sp³-hybridized carbons (Fsp3) is 0.333. The molecule has 1 aliphatic heterocycles. The molecule has 0 aliphatic carbocycles. The van der Waals surface area contributed by atoms with Gasteiger partial charge in [0.05, 0.1) is 13.2 Å². The highest BCUT2D eigenvalue weighted by atomic mass is 35.5. The Morgan fingerprint density at radius 2 is 1.55 bits per heavy atom. The molecule has 1 atom stereocenters. The quantitative estimate of drug-likeness (QED) is 0.623. The van der Waals surface area contributed by atoms with E-state index in [9.17, 15) is 9.59 Å². The smallest absolute Gasteiger partial charge is 0.412 e. The molecule has 2 amide bonds. The van der Waals surface area contributed by atoms with Crippen molar-refractivity contribution in [2.45, 2.75) is 6.10 Å². The molecule has 0 unspecified atom stereocenters. The summed E-state index contributed by atoms with van der Waals surface area (Å²) in [5, 5.41) is 6.20. The molecular formula is C21H23Cl2N3O5. The first kappa shape index (κ1) is 23.1. The summed E-state index contributed by atoms with van der Waals surface area (Å²) in [5.41, 5.74) is 1.00. The molecule has 1 saturated heterocycles. The van der Waals surface area contributed by atoms with Crippen LogP contribution in [0.1, 0.15) is 0 Å². The Hall–Kier alpha value is -2.52. The summed E-state index contributed by atoms with van der Waals surface area (Å²) < 4.78 is 16.1. The van der Waals surface area contributed by atoms with Crippen molar-refractivity contribution < 1.29 is 23.8 Å². The zero-order valence-corrected chi connectivity index (χ0v) is 18.2. The number of anilines is 2. The Kier molecular flexibility index (Phi) is 8.78. The van der Waals surface area contributed by atoms with E-state index in [1.54, 1.807) is 48.5 Å². The van der Waals surface area contributed by atoms with Crippen LogP contribution in [0.25, 0.3) is 0 Å². The van der Waals surface area contributed by atoms with Crippen LogP contribution >= 0.6 is 23.2 Å². The number of benzene rings is 2. The minimum absolute atomic E-state index is 0.118. The highest BCUT2D eigenvalue weighted by Crippen LogP contribution is 2.16. The molecular weight excluding hydrogens is 445 g/mol. The van der Waals surface area contributed by atoms with Crippen LogP contribution in [0.5, 0.6) is 0 Å². The van der Waals surface area contributed by atoms with Gasteiger partial charge in [-0.25, -0.2) is 9.59 Å². The van der Waals surface area contributed by atoms with Crippen molar-refractivity contribution in [2.75, 3.05) is 50.1 Å². The Bertz CT molecular complexity index is 893. The van der Waals surface area contributed by atoms with Gasteiger partial charge in [-0.1, -0.05) is 35.3 Å². The van der Waals surface area contributed by atoms with Crippen LogP contribution in [-0.2, 0) is 14.2 Å². The second-order valence-corrected chi connectivity index (χ2v) is 7.68. The Morgan fingerprint density at radius 1 is 0.968 bits per heavy atom. The van der Waals surface area contributed by atoms with E-state index in [2.05, 4.69) is 15.5 Å². The molecule has 0 radical (unpaired) electrons. The first-order chi connectivity index (χ1) is 15.0. The van der Waals surface area contributed by atoms with Crippen LogP contribution in [0.15, 0.2) is 48.5 Å². The zero-order valence-electron chi connectivity index (χ0n) is 16.7. The summed E-state index contributed by atoms with van der Waals surface area (Å²) in [6.45, 7) is 2.87. The van der Waals surface area contributed by atoms with Gasteiger partial charge >= 0.3 is 12.2 Å². The molecule has 8 nitrogen and oxygen atoms in total. The largest absolute Gasteiger partial charge is 0.445 e. The van der Waals surface area contributed by atoms with Gasteiger partial charge in [0.1, 0.15) is 6.61 Å². The lowest BCUT2D eigenvalue weighted by molar-refractivity contribution is -0.00498. The first-order valence-electron chi connectivity index (χ1n) is 9.70. The summed E-state index contributed by atoms with van der Waals surface area (Å²) in [5.74, 6) is 0. The molecule has 10 heteroatoms. The summed E-state index contributed by atoms with van der Waals surface area (Å²) in [4.78, 5) is 26.6. The minimum atomic E-state index is -0.678. The van der Waals surface area contributed by atoms with Gasteiger partial charge in [-0.15, -0.1) is 0 Å². The van der Waals surface area contributed by atoms with Gasteiger partial charge in [0.15, 0.2) is 6.10 Å². The Balaban J connectivity index is 1.55. The summed E-state index contributed by atoms with van der Waals surface area (Å²) >= 11 is 11.9. The van der Waals surface area contributed by atoms with Crippen LogP contribution in [0.2, 0.25) is 10.0 Å². The van der Waals surface area contributed by atoms with Crippen LogP contribution in [0, 0.1) is 0 Å². The SMILES string of the molecule is O=C(Nc1cccc(Cl)c1)OC[C@H](CN1CCOCC1)OC(=O)Nc1cccc(Cl)c1. The molecule has 0 spiro atoms. The van der Waals surface area contributed by atoms with Gasteiger partial charge in [-0.2, -0.15) is 0 Å². The molecule has 0 bridgehead atoms. The van der Waals surface area contributed by atoms with E-state index >= 15 is 0 Å². The number of morpholine rings is 1. The molecule has 0 saturated carbocycles. The Labute approximate surface area is 190 Å². The minimum Gasteiger partial charge on any atom is -0.445 e. The molecule has 1 aliphatic rings. The van der Waals surface area contributed by atoms with E-state index in [0.29, 0.717) is 54.3 Å². The fourth-order valence-corrected chi connectivity index (χ4v) is 3.33. The predicted octanol–water partition coefficient (Wildman–Crippen LogP) is 4.49. The second kappa shape index (κ2) is 11.8. The van der Waals surface area contributed by atoms with Crippen LogP contribution in [-0.4, -0.2) is 62.6 Å².